The summed E-state index contributed by atoms with van der Waals surface area (Å²) in [7, 11) is 0. The Kier molecular flexibility index (Phi) is 2.33. The van der Waals surface area contributed by atoms with Crippen molar-refractivity contribution in [1.82, 2.24) is 0 Å². The van der Waals surface area contributed by atoms with Crippen LogP contribution in [0.25, 0.3) is 0 Å². The van der Waals surface area contributed by atoms with E-state index in [-0.39, 0.29) is 24.0 Å². The van der Waals surface area contributed by atoms with Gasteiger partial charge in [0.2, 0.25) is 0 Å². The lowest BCUT2D eigenvalue weighted by Crippen LogP contribution is -2.49. The second kappa shape index (κ2) is 3.71. The van der Waals surface area contributed by atoms with E-state index >= 15 is 0 Å². The highest BCUT2D eigenvalue weighted by molar-refractivity contribution is 5.52. The van der Waals surface area contributed by atoms with Gasteiger partial charge in [-0.1, -0.05) is 12.1 Å². The Balaban J connectivity index is 1.97. The first-order valence-corrected chi connectivity index (χ1v) is 5.66. The monoisotopic (exact) mass is 222 g/mol. The van der Waals surface area contributed by atoms with Crippen LogP contribution in [0.5, 0.6) is 0 Å². The van der Waals surface area contributed by atoms with Crippen LogP contribution in [0.3, 0.4) is 0 Å². The second-order valence-electron chi connectivity index (χ2n) is 4.42. The standard InChI is InChI=1S/C12H15FN2O/c13-9-3-1-2-4-10(9)15-8-5-12(16-7-8)11(15)6-14/h1-4,8,11-12H,5-7,14H2. The summed E-state index contributed by atoms with van der Waals surface area (Å²) in [5.74, 6) is -0.173. The van der Waals surface area contributed by atoms with Crippen molar-refractivity contribution >= 4 is 5.69 Å². The SMILES string of the molecule is NCC1C2CC(CO2)N1c1ccccc1F. The van der Waals surface area contributed by atoms with Gasteiger partial charge >= 0.3 is 0 Å². The zero-order chi connectivity index (χ0) is 11.1. The minimum atomic E-state index is -0.173. The molecule has 3 rings (SSSR count). The molecular weight excluding hydrogens is 207 g/mol. The summed E-state index contributed by atoms with van der Waals surface area (Å²) >= 11 is 0. The number of hydrogen-bond donors (Lipinski definition) is 1. The number of ether oxygens (including phenoxy) is 1. The van der Waals surface area contributed by atoms with Crippen LogP contribution in [0, 0.1) is 5.82 Å². The molecule has 3 unspecified atom stereocenters. The molecule has 4 heteroatoms. The maximum Gasteiger partial charge on any atom is 0.146 e. The van der Waals surface area contributed by atoms with Crippen molar-refractivity contribution in [3.8, 4) is 0 Å². The van der Waals surface area contributed by atoms with Crippen LogP contribution >= 0.6 is 0 Å². The van der Waals surface area contributed by atoms with Gasteiger partial charge in [0.25, 0.3) is 0 Å². The zero-order valence-electron chi connectivity index (χ0n) is 8.97. The van der Waals surface area contributed by atoms with Crippen molar-refractivity contribution in [1.29, 1.82) is 0 Å². The molecule has 3 nitrogen and oxygen atoms in total. The van der Waals surface area contributed by atoms with Crippen molar-refractivity contribution < 1.29 is 9.13 Å². The number of rotatable bonds is 2. The molecule has 0 aliphatic carbocycles. The molecule has 0 amide bonds. The Morgan fingerprint density at radius 2 is 2.25 bits per heavy atom. The summed E-state index contributed by atoms with van der Waals surface area (Å²) in [6, 6.07) is 7.29. The zero-order valence-corrected chi connectivity index (χ0v) is 8.97. The van der Waals surface area contributed by atoms with Gasteiger partial charge in [-0.3, -0.25) is 0 Å². The van der Waals surface area contributed by atoms with Gasteiger partial charge in [0, 0.05) is 6.54 Å². The number of anilines is 1. The summed E-state index contributed by atoms with van der Waals surface area (Å²) < 4.78 is 19.4. The smallest absolute Gasteiger partial charge is 0.146 e. The summed E-state index contributed by atoms with van der Waals surface area (Å²) in [5, 5.41) is 0. The highest BCUT2D eigenvalue weighted by Gasteiger charge is 2.46. The maximum absolute atomic E-state index is 13.8. The van der Waals surface area contributed by atoms with E-state index in [0.717, 1.165) is 6.42 Å². The van der Waals surface area contributed by atoms with E-state index in [2.05, 4.69) is 4.90 Å². The molecule has 0 spiro atoms. The normalized spacial score (nSPS) is 32.4. The van der Waals surface area contributed by atoms with Gasteiger partial charge in [-0.05, 0) is 18.6 Å². The van der Waals surface area contributed by atoms with Crippen LogP contribution in [0.1, 0.15) is 6.42 Å². The third kappa shape index (κ3) is 1.33. The Morgan fingerprint density at radius 1 is 1.44 bits per heavy atom. The molecule has 86 valence electrons. The van der Waals surface area contributed by atoms with Gasteiger partial charge in [0.05, 0.1) is 30.5 Å². The first-order valence-electron chi connectivity index (χ1n) is 5.66. The van der Waals surface area contributed by atoms with E-state index in [4.69, 9.17) is 10.5 Å². The van der Waals surface area contributed by atoms with Crippen molar-refractivity contribution in [2.75, 3.05) is 18.1 Å². The number of nitrogens with two attached hydrogens (primary N) is 1. The third-order valence-corrected chi connectivity index (χ3v) is 3.56. The highest BCUT2D eigenvalue weighted by atomic mass is 19.1. The molecule has 1 aromatic rings. The van der Waals surface area contributed by atoms with Crippen LogP contribution in [-0.4, -0.2) is 31.3 Å². The quantitative estimate of drug-likeness (QED) is 0.815. The van der Waals surface area contributed by atoms with E-state index in [0.29, 0.717) is 18.8 Å². The molecule has 2 aliphatic rings. The van der Waals surface area contributed by atoms with Gasteiger partial charge < -0.3 is 15.4 Å². The Labute approximate surface area is 94.0 Å². The van der Waals surface area contributed by atoms with E-state index in [9.17, 15) is 4.39 Å². The minimum absolute atomic E-state index is 0.121. The van der Waals surface area contributed by atoms with Crippen LogP contribution in [-0.2, 0) is 4.74 Å². The van der Waals surface area contributed by atoms with Crippen LogP contribution in [0.15, 0.2) is 24.3 Å². The molecule has 2 N–H and O–H groups in total. The van der Waals surface area contributed by atoms with E-state index in [1.54, 1.807) is 6.07 Å². The lowest BCUT2D eigenvalue weighted by atomic mass is 10.1. The van der Waals surface area contributed by atoms with Crippen LogP contribution < -0.4 is 10.6 Å². The average molecular weight is 222 g/mol. The Hall–Kier alpha value is -1.13. The van der Waals surface area contributed by atoms with E-state index in [1.165, 1.54) is 6.07 Å². The molecule has 0 aromatic heterocycles. The molecule has 0 saturated carbocycles. The summed E-state index contributed by atoms with van der Waals surface area (Å²) in [6.07, 6.45) is 1.14. The molecule has 2 fully saturated rings. The van der Waals surface area contributed by atoms with Gasteiger partial charge in [-0.15, -0.1) is 0 Å². The number of para-hydroxylation sites is 1. The van der Waals surface area contributed by atoms with Crippen molar-refractivity contribution in [3.63, 3.8) is 0 Å². The second-order valence-corrected chi connectivity index (χ2v) is 4.42. The minimum Gasteiger partial charge on any atom is -0.374 e. The number of fused-ring (bicyclic) bond motifs is 2. The molecule has 2 heterocycles. The molecule has 16 heavy (non-hydrogen) atoms. The fraction of sp³-hybridized carbons (Fsp3) is 0.500. The van der Waals surface area contributed by atoms with Crippen LogP contribution in [0.4, 0.5) is 10.1 Å². The Bertz CT molecular complexity index is 398. The molecule has 3 atom stereocenters. The molecule has 0 radical (unpaired) electrons. The number of halogens is 1. The van der Waals surface area contributed by atoms with Crippen molar-refractivity contribution in [2.45, 2.75) is 24.6 Å². The number of benzene rings is 1. The lowest BCUT2D eigenvalue weighted by Gasteiger charge is -2.36. The van der Waals surface area contributed by atoms with Gasteiger partial charge in [-0.25, -0.2) is 4.39 Å². The summed E-state index contributed by atoms with van der Waals surface area (Å²) in [6.45, 7) is 1.20. The molecule has 2 aliphatic heterocycles. The molecule has 1 aromatic carbocycles. The van der Waals surface area contributed by atoms with Gasteiger partial charge in [-0.2, -0.15) is 0 Å². The third-order valence-electron chi connectivity index (χ3n) is 3.56. The fourth-order valence-electron chi connectivity index (χ4n) is 2.85. The largest absolute Gasteiger partial charge is 0.374 e. The first-order chi connectivity index (χ1) is 7.81. The average Bonchev–Trinajstić information content (AvgIpc) is 2.89. The van der Waals surface area contributed by atoms with E-state index < -0.39 is 0 Å². The predicted molar refractivity (Wildman–Crippen MR) is 59.9 cm³/mol. The van der Waals surface area contributed by atoms with Crippen molar-refractivity contribution in [2.24, 2.45) is 5.73 Å². The molecular formula is C12H15FN2O. The number of nitrogens with zero attached hydrogens (tertiary/aromatic N) is 1. The number of hydrogen-bond acceptors (Lipinski definition) is 3. The van der Waals surface area contributed by atoms with Gasteiger partial charge in [0.15, 0.2) is 0 Å². The van der Waals surface area contributed by atoms with E-state index in [1.807, 2.05) is 12.1 Å². The van der Waals surface area contributed by atoms with Gasteiger partial charge in [0.1, 0.15) is 5.82 Å². The molecule has 2 bridgehead atoms. The van der Waals surface area contributed by atoms with Crippen LogP contribution in [0.2, 0.25) is 0 Å². The highest BCUT2D eigenvalue weighted by Crippen LogP contribution is 2.37. The lowest BCUT2D eigenvalue weighted by molar-refractivity contribution is 0.0718. The fourth-order valence-corrected chi connectivity index (χ4v) is 2.85. The summed E-state index contributed by atoms with van der Waals surface area (Å²) in [4.78, 5) is 2.10. The predicted octanol–water partition coefficient (Wildman–Crippen LogP) is 1.13. The Morgan fingerprint density at radius 3 is 3.00 bits per heavy atom. The molecule has 2 saturated heterocycles. The number of morpholine rings is 1. The topological polar surface area (TPSA) is 38.5 Å². The summed E-state index contributed by atoms with van der Waals surface area (Å²) in [5.41, 5.74) is 6.41. The maximum atomic E-state index is 13.8. The first kappa shape index (κ1) is 10.1. The van der Waals surface area contributed by atoms with Crippen molar-refractivity contribution in [3.05, 3.63) is 30.1 Å².